The van der Waals surface area contributed by atoms with Crippen molar-refractivity contribution in [3.05, 3.63) is 42.1 Å². The van der Waals surface area contributed by atoms with Gasteiger partial charge in [-0.05, 0) is 49.6 Å². The van der Waals surface area contributed by atoms with Crippen LogP contribution in [0.3, 0.4) is 0 Å². The maximum Gasteiger partial charge on any atom is 0.253 e. The van der Waals surface area contributed by atoms with Crippen molar-refractivity contribution in [2.75, 3.05) is 24.4 Å². The fourth-order valence-electron chi connectivity index (χ4n) is 2.61. The molecule has 0 bridgehead atoms. The first-order valence-electron chi connectivity index (χ1n) is 7.96. The normalized spacial score (nSPS) is 16.7. The summed E-state index contributed by atoms with van der Waals surface area (Å²) in [5.41, 5.74) is 2.62. The SMILES string of the molecule is COc1ccc(C)cc1Nc1ccc(NC(=O)C2CCCO2)cn1. The number of anilines is 3. The molecule has 0 saturated carbocycles. The molecular formula is C18H21N3O3. The molecule has 1 fully saturated rings. The number of carbonyl (C=O) groups excluding carboxylic acids is 1. The van der Waals surface area contributed by atoms with Gasteiger partial charge in [0.2, 0.25) is 0 Å². The molecule has 0 aliphatic carbocycles. The minimum atomic E-state index is -0.348. The minimum Gasteiger partial charge on any atom is -0.495 e. The van der Waals surface area contributed by atoms with E-state index in [2.05, 4.69) is 15.6 Å². The maximum atomic E-state index is 12.0. The molecule has 0 radical (unpaired) electrons. The van der Waals surface area contributed by atoms with Gasteiger partial charge in [-0.15, -0.1) is 0 Å². The van der Waals surface area contributed by atoms with Crippen LogP contribution in [0, 0.1) is 6.92 Å². The molecule has 2 aromatic rings. The Morgan fingerprint density at radius 1 is 1.33 bits per heavy atom. The largest absolute Gasteiger partial charge is 0.495 e. The number of hydrogen-bond acceptors (Lipinski definition) is 5. The molecule has 3 rings (SSSR count). The zero-order valence-electron chi connectivity index (χ0n) is 13.8. The monoisotopic (exact) mass is 327 g/mol. The fraction of sp³-hybridized carbons (Fsp3) is 0.333. The standard InChI is InChI=1S/C18H21N3O3/c1-12-5-7-15(23-2)14(10-12)21-17-8-6-13(11-19-17)20-18(22)16-4-3-9-24-16/h5-8,10-11,16H,3-4,9H2,1-2H3,(H,19,21)(H,20,22). The summed E-state index contributed by atoms with van der Waals surface area (Å²) >= 11 is 0. The highest BCUT2D eigenvalue weighted by molar-refractivity contribution is 5.94. The molecule has 0 spiro atoms. The zero-order chi connectivity index (χ0) is 16.9. The first-order chi connectivity index (χ1) is 11.7. The van der Waals surface area contributed by atoms with Gasteiger partial charge in [-0.2, -0.15) is 0 Å². The topological polar surface area (TPSA) is 72.5 Å². The summed E-state index contributed by atoms with van der Waals surface area (Å²) in [5.74, 6) is 1.31. The lowest BCUT2D eigenvalue weighted by molar-refractivity contribution is -0.124. The first kappa shape index (κ1) is 16.3. The van der Waals surface area contributed by atoms with Gasteiger partial charge in [0.1, 0.15) is 17.7 Å². The average molecular weight is 327 g/mol. The molecule has 1 aliphatic heterocycles. The highest BCUT2D eigenvalue weighted by atomic mass is 16.5. The van der Waals surface area contributed by atoms with Crippen LogP contribution in [-0.4, -0.2) is 30.7 Å². The molecule has 1 saturated heterocycles. The Bertz CT molecular complexity index is 710. The molecule has 126 valence electrons. The van der Waals surface area contributed by atoms with E-state index in [-0.39, 0.29) is 12.0 Å². The van der Waals surface area contributed by atoms with Crippen molar-refractivity contribution in [1.29, 1.82) is 0 Å². The van der Waals surface area contributed by atoms with E-state index in [1.54, 1.807) is 13.3 Å². The molecule has 1 aromatic heterocycles. The molecule has 1 atom stereocenters. The van der Waals surface area contributed by atoms with Gasteiger partial charge in [0.25, 0.3) is 5.91 Å². The van der Waals surface area contributed by atoms with E-state index < -0.39 is 0 Å². The number of carbonyl (C=O) groups is 1. The molecule has 1 unspecified atom stereocenters. The minimum absolute atomic E-state index is 0.115. The first-order valence-corrected chi connectivity index (χ1v) is 7.96. The van der Waals surface area contributed by atoms with Gasteiger partial charge in [-0.1, -0.05) is 6.07 Å². The van der Waals surface area contributed by atoms with Gasteiger partial charge in [0.05, 0.1) is 24.7 Å². The van der Waals surface area contributed by atoms with Crippen LogP contribution in [0.4, 0.5) is 17.2 Å². The molecule has 1 aromatic carbocycles. The molecule has 1 aliphatic rings. The van der Waals surface area contributed by atoms with Gasteiger partial charge >= 0.3 is 0 Å². The maximum absolute atomic E-state index is 12.0. The molecule has 2 N–H and O–H groups in total. The van der Waals surface area contributed by atoms with Crippen molar-refractivity contribution >= 4 is 23.1 Å². The Balaban J connectivity index is 1.66. The van der Waals surface area contributed by atoms with Crippen LogP contribution in [0.15, 0.2) is 36.5 Å². The number of benzene rings is 1. The highest BCUT2D eigenvalue weighted by Crippen LogP contribution is 2.28. The van der Waals surface area contributed by atoms with Crippen molar-refractivity contribution < 1.29 is 14.3 Å². The number of methoxy groups -OCH3 is 1. The molecule has 6 nitrogen and oxygen atoms in total. The third-order valence-electron chi connectivity index (χ3n) is 3.87. The van der Waals surface area contributed by atoms with Crippen molar-refractivity contribution in [3.63, 3.8) is 0 Å². The number of nitrogens with zero attached hydrogens (tertiary/aromatic N) is 1. The molecule has 2 heterocycles. The van der Waals surface area contributed by atoms with E-state index in [0.717, 1.165) is 29.8 Å². The summed E-state index contributed by atoms with van der Waals surface area (Å²) < 4.78 is 10.7. The lowest BCUT2D eigenvalue weighted by Gasteiger charge is -2.13. The zero-order valence-corrected chi connectivity index (χ0v) is 13.8. The molecule has 24 heavy (non-hydrogen) atoms. The van der Waals surface area contributed by atoms with Gasteiger partial charge in [-0.3, -0.25) is 4.79 Å². The third-order valence-corrected chi connectivity index (χ3v) is 3.87. The Morgan fingerprint density at radius 3 is 2.88 bits per heavy atom. The Kier molecular flexibility index (Phi) is 4.96. The van der Waals surface area contributed by atoms with Gasteiger partial charge < -0.3 is 20.1 Å². The second-order valence-corrected chi connectivity index (χ2v) is 5.75. The number of amides is 1. The second kappa shape index (κ2) is 7.31. The quantitative estimate of drug-likeness (QED) is 0.882. The number of rotatable bonds is 5. The van der Waals surface area contributed by atoms with Crippen LogP contribution < -0.4 is 15.4 Å². The van der Waals surface area contributed by atoms with Gasteiger partial charge in [0.15, 0.2) is 0 Å². The lowest BCUT2D eigenvalue weighted by atomic mass is 10.2. The Hall–Kier alpha value is -2.60. The Morgan fingerprint density at radius 2 is 2.21 bits per heavy atom. The van der Waals surface area contributed by atoms with Crippen LogP contribution in [0.1, 0.15) is 18.4 Å². The van der Waals surface area contributed by atoms with E-state index >= 15 is 0 Å². The summed E-state index contributed by atoms with van der Waals surface area (Å²) in [4.78, 5) is 16.4. The van der Waals surface area contributed by atoms with Crippen LogP contribution >= 0.6 is 0 Å². The summed E-state index contributed by atoms with van der Waals surface area (Å²) in [5, 5.41) is 6.05. The van der Waals surface area contributed by atoms with E-state index in [1.165, 1.54) is 0 Å². The summed E-state index contributed by atoms with van der Waals surface area (Å²) in [6.07, 6.45) is 2.97. The van der Waals surface area contributed by atoms with Crippen molar-refractivity contribution in [3.8, 4) is 5.75 Å². The van der Waals surface area contributed by atoms with E-state index in [1.807, 2.05) is 37.3 Å². The predicted molar refractivity (Wildman–Crippen MR) is 92.9 cm³/mol. The van der Waals surface area contributed by atoms with Crippen molar-refractivity contribution in [2.24, 2.45) is 0 Å². The number of pyridine rings is 1. The number of ether oxygens (including phenoxy) is 2. The van der Waals surface area contributed by atoms with Gasteiger partial charge in [-0.25, -0.2) is 4.98 Å². The summed E-state index contributed by atoms with van der Waals surface area (Å²) in [6, 6.07) is 9.51. The van der Waals surface area contributed by atoms with Crippen LogP contribution in [0.2, 0.25) is 0 Å². The third kappa shape index (κ3) is 3.83. The number of hydrogen-bond donors (Lipinski definition) is 2. The van der Waals surface area contributed by atoms with Crippen LogP contribution in [-0.2, 0) is 9.53 Å². The lowest BCUT2D eigenvalue weighted by Crippen LogP contribution is -2.26. The van der Waals surface area contributed by atoms with Crippen molar-refractivity contribution in [2.45, 2.75) is 25.9 Å². The highest BCUT2D eigenvalue weighted by Gasteiger charge is 2.23. The molecule has 6 heteroatoms. The average Bonchev–Trinajstić information content (AvgIpc) is 3.11. The van der Waals surface area contributed by atoms with Crippen molar-refractivity contribution in [1.82, 2.24) is 4.98 Å². The Labute approximate surface area is 141 Å². The van der Waals surface area contributed by atoms with E-state index in [9.17, 15) is 4.79 Å². The number of aryl methyl sites for hydroxylation is 1. The fourth-order valence-corrected chi connectivity index (χ4v) is 2.61. The second-order valence-electron chi connectivity index (χ2n) is 5.75. The smallest absolute Gasteiger partial charge is 0.253 e. The van der Waals surface area contributed by atoms with E-state index in [4.69, 9.17) is 9.47 Å². The molecule has 1 amide bonds. The van der Waals surface area contributed by atoms with E-state index in [0.29, 0.717) is 18.1 Å². The predicted octanol–water partition coefficient (Wildman–Crippen LogP) is 3.26. The van der Waals surface area contributed by atoms with Crippen LogP contribution in [0.25, 0.3) is 0 Å². The number of nitrogens with one attached hydrogen (secondary N) is 2. The summed E-state index contributed by atoms with van der Waals surface area (Å²) in [7, 11) is 1.63. The summed E-state index contributed by atoms with van der Waals surface area (Å²) in [6.45, 7) is 2.67. The molecular weight excluding hydrogens is 306 g/mol. The van der Waals surface area contributed by atoms with Crippen LogP contribution in [0.5, 0.6) is 5.75 Å². The van der Waals surface area contributed by atoms with Gasteiger partial charge in [0, 0.05) is 6.61 Å². The number of aromatic nitrogens is 1.